The Bertz CT molecular complexity index is 659. The van der Waals surface area contributed by atoms with Crippen molar-refractivity contribution in [1.29, 1.82) is 0 Å². The zero-order valence-corrected chi connectivity index (χ0v) is 14.3. The van der Waals surface area contributed by atoms with Gasteiger partial charge in [0.1, 0.15) is 0 Å². The molecule has 4 nitrogen and oxygen atoms in total. The van der Waals surface area contributed by atoms with E-state index in [-0.39, 0.29) is 18.0 Å². The third-order valence-corrected chi connectivity index (χ3v) is 4.69. The van der Waals surface area contributed by atoms with Crippen molar-refractivity contribution in [2.24, 2.45) is 0 Å². The maximum Gasteiger partial charge on any atom is 0.241 e. The first-order chi connectivity index (χ1) is 11.6. The highest BCUT2D eigenvalue weighted by atomic mass is 16.2. The molecular weight excluding hydrogens is 298 g/mol. The third kappa shape index (κ3) is 3.83. The first kappa shape index (κ1) is 16.7. The third-order valence-electron chi connectivity index (χ3n) is 4.69. The quantitative estimate of drug-likeness (QED) is 0.889. The molecule has 3 atom stereocenters. The molecule has 24 heavy (non-hydrogen) atoms. The van der Waals surface area contributed by atoms with E-state index in [9.17, 15) is 4.79 Å². The van der Waals surface area contributed by atoms with E-state index in [4.69, 9.17) is 0 Å². The molecule has 1 amide bonds. The molecule has 1 aliphatic rings. The summed E-state index contributed by atoms with van der Waals surface area (Å²) in [7, 11) is 2.15. The van der Waals surface area contributed by atoms with Crippen molar-refractivity contribution in [3.63, 3.8) is 0 Å². The molecular formula is C20H25N3O. The summed E-state index contributed by atoms with van der Waals surface area (Å²) in [5.41, 5.74) is 2.13. The van der Waals surface area contributed by atoms with E-state index in [0.29, 0.717) is 6.04 Å². The van der Waals surface area contributed by atoms with Crippen LogP contribution in [0.2, 0.25) is 0 Å². The summed E-state index contributed by atoms with van der Waals surface area (Å²) in [6.45, 7) is 2.96. The van der Waals surface area contributed by atoms with Gasteiger partial charge in [-0.1, -0.05) is 48.5 Å². The Kier molecular flexibility index (Phi) is 5.28. The fourth-order valence-corrected chi connectivity index (χ4v) is 3.43. The first-order valence-electron chi connectivity index (χ1n) is 8.52. The number of hydrogen-bond donors (Lipinski definition) is 2. The normalized spacial score (nSPS) is 22.2. The van der Waals surface area contributed by atoms with E-state index in [1.54, 1.807) is 0 Å². The van der Waals surface area contributed by atoms with Gasteiger partial charge in [0.2, 0.25) is 5.91 Å². The van der Waals surface area contributed by atoms with Crippen LogP contribution in [0.4, 0.5) is 5.69 Å². The Labute approximate surface area is 143 Å². The lowest BCUT2D eigenvalue weighted by atomic mass is 9.99. The van der Waals surface area contributed by atoms with Gasteiger partial charge in [-0.3, -0.25) is 9.69 Å². The molecule has 2 N–H and O–H groups in total. The summed E-state index contributed by atoms with van der Waals surface area (Å²) in [4.78, 5) is 14.8. The fraction of sp³-hybridized carbons (Fsp3) is 0.350. The lowest BCUT2D eigenvalue weighted by Gasteiger charge is -2.28. The van der Waals surface area contributed by atoms with Gasteiger partial charge in [0.25, 0.3) is 0 Å². The minimum atomic E-state index is -0.243. The number of para-hydroxylation sites is 1. The maximum atomic E-state index is 12.4. The van der Waals surface area contributed by atoms with E-state index >= 15 is 0 Å². The summed E-state index contributed by atoms with van der Waals surface area (Å²) >= 11 is 0. The second kappa shape index (κ2) is 7.60. The maximum absolute atomic E-state index is 12.4. The molecule has 2 aromatic carbocycles. The molecule has 0 spiro atoms. The van der Waals surface area contributed by atoms with Crippen molar-refractivity contribution >= 4 is 11.6 Å². The fourth-order valence-electron chi connectivity index (χ4n) is 3.43. The predicted octanol–water partition coefficient (Wildman–Crippen LogP) is 3.05. The van der Waals surface area contributed by atoms with Crippen LogP contribution in [0.15, 0.2) is 60.7 Å². The number of carbonyl (C=O) groups is 1. The van der Waals surface area contributed by atoms with E-state index in [0.717, 1.165) is 18.7 Å². The zero-order chi connectivity index (χ0) is 16.9. The number of hydrogen-bond acceptors (Lipinski definition) is 3. The highest BCUT2D eigenvalue weighted by Gasteiger charge is 2.34. The molecule has 0 bridgehead atoms. The molecule has 3 rings (SSSR count). The smallest absolute Gasteiger partial charge is 0.241 e. The number of carbonyl (C=O) groups excluding carboxylic acids is 1. The second-order valence-electron chi connectivity index (χ2n) is 6.47. The van der Waals surface area contributed by atoms with Gasteiger partial charge in [0.05, 0.1) is 6.04 Å². The molecule has 0 saturated carbocycles. The minimum absolute atomic E-state index is 0.00237. The molecule has 4 heteroatoms. The molecule has 126 valence electrons. The first-order valence-corrected chi connectivity index (χ1v) is 8.52. The van der Waals surface area contributed by atoms with Crippen molar-refractivity contribution in [2.75, 3.05) is 18.9 Å². The van der Waals surface area contributed by atoms with Crippen LogP contribution in [0, 0.1) is 0 Å². The van der Waals surface area contributed by atoms with Gasteiger partial charge in [-0.25, -0.2) is 0 Å². The van der Waals surface area contributed by atoms with Gasteiger partial charge in [-0.15, -0.1) is 0 Å². The molecule has 0 aliphatic carbocycles. The van der Waals surface area contributed by atoms with Crippen molar-refractivity contribution in [2.45, 2.75) is 31.5 Å². The minimum Gasteiger partial charge on any atom is -0.325 e. The molecule has 1 saturated heterocycles. The number of likely N-dealkylation sites (tertiary alicyclic amines) is 1. The largest absolute Gasteiger partial charge is 0.325 e. The van der Waals surface area contributed by atoms with Crippen LogP contribution >= 0.6 is 0 Å². The predicted molar refractivity (Wildman–Crippen MR) is 97.9 cm³/mol. The van der Waals surface area contributed by atoms with Crippen LogP contribution in [0.5, 0.6) is 0 Å². The Morgan fingerprint density at radius 1 is 1.08 bits per heavy atom. The summed E-state index contributed by atoms with van der Waals surface area (Å²) in [6.07, 6.45) is 1.04. The van der Waals surface area contributed by atoms with Gasteiger partial charge in [0, 0.05) is 24.3 Å². The van der Waals surface area contributed by atoms with Crippen LogP contribution in [0.3, 0.4) is 0 Å². The molecule has 1 heterocycles. The number of nitrogens with one attached hydrogen (secondary N) is 2. The summed E-state index contributed by atoms with van der Waals surface area (Å²) < 4.78 is 0. The molecule has 0 unspecified atom stereocenters. The second-order valence-corrected chi connectivity index (χ2v) is 6.47. The standard InChI is InChI=1S/C20H25N3O/c1-15(20(24)22-17-11-7-4-8-12-17)21-18-13-14-23(2)19(18)16-9-5-3-6-10-16/h3-12,15,18-19,21H,13-14H2,1-2H3,(H,22,24)/t15-,18-,19-/m0/s1. The van der Waals surface area contributed by atoms with Crippen LogP contribution in [-0.4, -0.2) is 36.5 Å². The van der Waals surface area contributed by atoms with Crippen molar-refractivity contribution in [3.8, 4) is 0 Å². The number of amides is 1. The van der Waals surface area contributed by atoms with Crippen LogP contribution in [-0.2, 0) is 4.79 Å². The van der Waals surface area contributed by atoms with E-state index < -0.39 is 0 Å². The molecule has 1 fully saturated rings. The molecule has 0 radical (unpaired) electrons. The summed E-state index contributed by atoms with van der Waals surface area (Å²) in [5, 5.41) is 6.49. The van der Waals surface area contributed by atoms with Crippen molar-refractivity contribution in [1.82, 2.24) is 10.2 Å². The highest BCUT2D eigenvalue weighted by Crippen LogP contribution is 2.31. The lowest BCUT2D eigenvalue weighted by molar-refractivity contribution is -0.118. The van der Waals surface area contributed by atoms with Gasteiger partial charge in [-0.05, 0) is 38.1 Å². The SMILES string of the molecule is C[C@H](N[C@H]1CCN(C)[C@H]1c1ccccc1)C(=O)Nc1ccccc1. The van der Waals surface area contributed by atoms with Crippen LogP contribution in [0.1, 0.15) is 24.9 Å². The summed E-state index contributed by atoms with van der Waals surface area (Å²) in [5.74, 6) is 0.00237. The van der Waals surface area contributed by atoms with Gasteiger partial charge in [-0.2, -0.15) is 0 Å². The van der Waals surface area contributed by atoms with E-state index in [1.807, 2.05) is 43.3 Å². The van der Waals surface area contributed by atoms with Gasteiger partial charge < -0.3 is 10.6 Å². The van der Waals surface area contributed by atoms with Crippen LogP contribution in [0.25, 0.3) is 0 Å². The van der Waals surface area contributed by atoms with Crippen molar-refractivity contribution < 1.29 is 4.79 Å². The number of nitrogens with zero attached hydrogens (tertiary/aromatic N) is 1. The monoisotopic (exact) mass is 323 g/mol. The lowest BCUT2D eigenvalue weighted by Crippen LogP contribution is -2.46. The van der Waals surface area contributed by atoms with Crippen LogP contribution < -0.4 is 10.6 Å². The Morgan fingerprint density at radius 2 is 1.71 bits per heavy atom. The van der Waals surface area contributed by atoms with Crippen molar-refractivity contribution in [3.05, 3.63) is 66.2 Å². The Balaban J connectivity index is 1.64. The average Bonchev–Trinajstić information content (AvgIpc) is 2.97. The van der Waals surface area contributed by atoms with Gasteiger partial charge >= 0.3 is 0 Å². The highest BCUT2D eigenvalue weighted by molar-refractivity contribution is 5.94. The van der Waals surface area contributed by atoms with Gasteiger partial charge in [0.15, 0.2) is 0 Å². The Hall–Kier alpha value is -2.17. The van der Waals surface area contributed by atoms with E-state index in [2.05, 4.69) is 46.8 Å². The topological polar surface area (TPSA) is 44.4 Å². The Morgan fingerprint density at radius 3 is 2.38 bits per heavy atom. The summed E-state index contributed by atoms with van der Waals surface area (Å²) in [6, 6.07) is 20.4. The number of anilines is 1. The molecule has 1 aliphatic heterocycles. The number of benzene rings is 2. The number of rotatable bonds is 5. The average molecular weight is 323 g/mol. The zero-order valence-electron chi connectivity index (χ0n) is 14.3. The molecule has 2 aromatic rings. The van der Waals surface area contributed by atoms with E-state index in [1.165, 1.54) is 5.56 Å². The molecule has 0 aromatic heterocycles. The number of likely N-dealkylation sites (N-methyl/N-ethyl adjacent to an activating group) is 1.